The van der Waals surface area contributed by atoms with Gasteiger partial charge in [-0.05, 0) is 0 Å². The van der Waals surface area contributed by atoms with E-state index >= 15 is 0 Å². The molecule has 1 N–H and O–H groups in total. The van der Waals surface area contributed by atoms with Gasteiger partial charge >= 0.3 is 12.1 Å². The number of ether oxygens (including phenoxy) is 1. The minimum atomic E-state index is -1.09. The second-order valence-corrected chi connectivity index (χ2v) is 4.09. The van der Waals surface area contributed by atoms with E-state index < -0.39 is 12.1 Å². The molecule has 0 bridgehead atoms. The Labute approximate surface area is 108 Å². The number of carboxylic acids is 1. The molecule has 1 heterocycles. The van der Waals surface area contributed by atoms with E-state index in [2.05, 4.69) is 18.1 Å². The zero-order valence-electron chi connectivity index (χ0n) is 9.54. The Morgan fingerprint density at radius 1 is 1.50 bits per heavy atom. The maximum atomic E-state index is 11.7. The molecule has 0 atom stereocenters. The number of aromatic nitrogens is 1. The topological polar surface area (TPSA) is 79.7 Å². The number of hydrogen-bond donors (Lipinski definition) is 1. The van der Waals surface area contributed by atoms with Gasteiger partial charge in [0.25, 0.3) is 0 Å². The lowest BCUT2D eigenvalue weighted by atomic mass is 10.5. The van der Waals surface area contributed by atoms with Crippen LogP contribution in [0.2, 0.25) is 0 Å². The average molecular weight is 268 g/mol. The summed E-state index contributed by atoms with van der Waals surface area (Å²) >= 11 is 0.892. The molecular weight excluding hydrogens is 256 g/mol. The van der Waals surface area contributed by atoms with Crippen LogP contribution in [0, 0.1) is 0 Å². The number of anilines is 1. The fraction of sp³-hybridized carbons (Fsp3) is 0.182. The smallest absolute Gasteiger partial charge is 0.416 e. The van der Waals surface area contributed by atoms with E-state index in [1.807, 2.05) is 0 Å². The number of hydrogen-bond acceptors (Lipinski definition) is 5. The molecule has 0 saturated carbocycles. The van der Waals surface area contributed by atoms with E-state index in [1.165, 1.54) is 23.2 Å². The third-order valence-electron chi connectivity index (χ3n) is 1.79. The van der Waals surface area contributed by atoms with Crippen LogP contribution in [0.4, 0.5) is 9.93 Å². The lowest BCUT2D eigenvalue weighted by Gasteiger charge is -2.16. The normalized spacial score (nSPS) is 9.56. The molecule has 7 heteroatoms. The van der Waals surface area contributed by atoms with Crippen LogP contribution in [0.3, 0.4) is 0 Å². The molecule has 0 spiro atoms. The first-order chi connectivity index (χ1) is 8.60. The van der Waals surface area contributed by atoms with E-state index in [-0.39, 0.29) is 23.2 Å². The van der Waals surface area contributed by atoms with Crippen LogP contribution in [-0.4, -0.2) is 35.3 Å². The highest BCUT2D eigenvalue weighted by Gasteiger charge is 2.20. The van der Waals surface area contributed by atoms with Gasteiger partial charge in [-0.15, -0.1) is 6.58 Å². The molecule has 0 aromatic carbocycles. The molecule has 0 fully saturated rings. The quantitative estimate of drug-likeness (QED) is 0.800. The van der Waals surface area contributed by atoms with Crippen molar-refractivity contribution >= 4 is 28.5 Å². The van der Waals surface area contributed by atoms with Gasteiger partial charge in [0.2, 0.25) is 0 Å². The fourth-order valence-electron chi connectivity index (χ4n) is 1.06. The number of carbonyl (C=O) groups is 2. The SMILES string of the molecule is C=CCOC(=O)N(CC=C)c1ncc(C(=O)O)s1. The Morgan fingerprint density at radius 3 is 2.72 bits per heavy atom. The van der Waals surface area contributed by atoms with Gasteiger partial charge in [-0.25, -0.2) is 19.5 Å². The second kappa shape index (κ2) is 6.55. The zero-order chi connectivity index (χ0) is 13.5. The van der Waals surface area contributed by atoms with Gasteiger partial charge in [0.1, 0.15) is 11.5 Å². The highest BCUT2D eigenvalue weighted by atomic mass is 32.1. The van der Waals surface area contributed by atoms with Crippen molar-refractivity contribution in [1.29, 1.82) is 0 Å². The van der Waals surface area contributed by atoms with Crippen molar-refractivity contribution < 1.29 is 19.4 Å². The predicted molar refractivity (Wildman–Crippen MR) is 68.2 cm³/mol. The lowest BCUT2D eigenvalue weighted by molar-refractivity contribution is 0.0702. The van der Waals surface area contributed by atoms with Crippen LogP contribution >= 0.6 is 11.3 Å². The summed E-state index contributed by atoms with van der Waals surface area (Å²) in [6.45, 7) is 7.21. The summed E-state index contributed by atoms with van der Waals surface area (Å²) in [5.74, 6) is -1.09. The van der Waals surface area contributed by atoms with Crippen molar-refractivity contribution in [2.75, 3.05) is 18.1 Å². The van der Waals surface area contributed by atoms with Crippen LogP contribution in [0.5, 0.6) is 0 Å². The van der Waals surface area contributed by atoms with Crippen LogP contribution < -0.4 is 4.90 Å². The van der Waals surface area contributed by atoms with Gasteiger partial charge < -0.3 is 9.84 Å². The zero-order valence-corrected chi connectivity index (χ0v) is 10.4. The number of amides is 1. The van der Waals surface area contributed by atoms with Crippen LogP contribution in [0.15, 0.2) is 31.5 Å². The summed E-state index contributed by atoms with van der Waals surface area (Å²) in [6, 6.07) is 0. The van der Waals surface area contributed by atoms with Gasteiger partial charge in [0.05, 0.1) is 6.20 Å². The van der Waals surface area contributed by atoms with Crippen LogP contribution in [0.25, 0.3) is 0 Å². The Hall–Kier alpha value is -2.15. The summed E-state index contributed by atoms with van der Waals surface area (Å²) in [6.07, 6.45) is 3.51. The van der Waals surface area contributed by atoms with Crippen LogP contribution in [0.1, 0.15) is 9.67 Å². The Bertz CT molecular complexity index is 469. The number of carbonyl (C=O) groups excluding carboxylic acids is 1. The summed E-state index contributed by atoms with van der Waals surface area (Å²) < 4.78 is 4.87. The highest BCUT2D eigenvalue weighted by molar-refractivity contribution is 7.17. The summed E-state index contributed by atoms with van der Waals surface area (Å²) in [4.78, 5) is 27.6. The molecule has 1 aromatic heterocycles. The van der Waals surface area contributed by atoms with Gasteiger partial charge in [-0.3, -0.25) is 0 Å². The molecule has 0 aliphatic rings. The first-order valence-electron chi connectivity index (χ1n) is 4.95. The standard InChI is InChI=1S/C11H12N2O4S/c1-3-5-13(11(16)17-6-4-2)10-12-7-8(18-10)9(14)15/h3-4,7H,1-2,5-6H2,(H,14,15). The fourth-order valence-corrected chi connectivity index (χ4v) is 1.81. The summed E-state index contributed by atoms with van der Waals surface area (Å²) in [5.41, 5.74) is 0. The Morgan fingerprint density at radius 2 is 2.22 bits per heavy atom. The third kappa shape index (κ3) is 3.42. The molecule has 0 aliphatic heterocycles. The minimum Gasteiger partial charge on any atom is -0.477 e. The monoisotopic (exact) mass is 268 g/mol. The number of thiazole rings is 1. The van der Waals surface area contributed by atoms with E-state index in [0.717, 1.165) is 11.3 Å². The van der Waals surface area contributed by atoms with E-state index in [4.69, 9.17) is 9.84 Å². The predicted octanol–water partition coefficient (Wildman–Crippen LogP) is 2.16. The molecule has 0 unspecified atom stereocenters. The third-order valence-corrected chi connectivity index (χ3v) is 2.80. The molecule has 6 nitrogen and oxygen atoms in total. The van der Waals surface area contributed by atoms with Gasteiger partial charge in [0.15, 0.2) is 5.13 Å². The van der Waals surface area contributed by atoms with Crippen LogP contribution in [-0.2, 0) is 4.74 Å². The van der Waals surface area contributed by atoms with Crippen molar-refractivity contribution in [2.45, 2.75) is 0 Å². The second-order valence-electron chi connectivity index (χ2n) is 3.08. The molecule has 18 heavy (non-hydrogen) atoms. The van der Waals surface area contributed by atoms with Crippen molar-refractivity contribution in [3.05, 3.63) is 36.4 Å². The average Bonchev–Trinajstić information content (AvgIpc) is 2.82. The first-order valence-corrected chi connectivity index (χ1v) is 5.77. The molecule has 0 radical (unpaired) electrons. The van der Waals surface area contributed by atoms with Crippen molar-refractivity contribution in [1.82, 2.24) is 4.98 Å². The molecule has 0 aliphatic carbocycles. The molecule has 1 amide bonds. The minimum absolute atomic E-state index is 0.0515. The number of carboxylic acid groups (broad SMARTS) is 1. The van der Waals surface area contributed by atoms with E-state index in [0.29, 0.717) is 0 Å². The maximum Gasteiger partial charge on any atom is 0.416 e. The lowest BCUT2D eigenvalue weighted by Crippen LogP contribution is -2.31. The molecule has 1 rings (SSSR count). The number of aromatic carboxylic acids is 1. The van der Waals surface area contributed by atoms with Gasteiger partial charge in [-0.2, -0.15) is 0 Å². The molecule has 0 saturated heterocycles. The van der Waals surface area contributed by atoms with Crippen molar-refractivity contribution in [3.8, 4) is 0 Å². The van der Waals surface area contributed by atoms with E-state index in [1.54, 1.807) is 0 Å². The Kier molecular flexibility index (Phi) is 5.06. The van der Waals surface area contributed by atoms with Crippen molar-refractivity contribution in [3.63, 3.8) is 0 Å². The number of nitrogens with zero attached hydrogens (tertiary/aromatic N) is 2. The van der Waals surface area contributed by atoms with E-state index in [9.17, 15) is 9.59 Å². The van der Waals surface area contributed by atoms with Gasteiger partial charge in [-0.1, -0.05) is 30.1 Å². The first kappa shape index (κ1) is 13.9. The largest absolute Gasteiger partial charge is 0.477 e. The van der Waals surface area contributed by atoms with Gasteiger partial charge in [0, 0.05) is 6.54 Å². The molecular formula is C11H12N2O4S. The maximum absolute atomic E-state index is 11.7. The molecule has 96 valence electrons. The number of rotatable bonds is 6. The summed E-state index contributed by atoms with van der Waals surface area (Å²) in [5, 5.41) is 9.04. The molecule has 1 aromatic rings. The van der Waals surface area contributed by atoms with Crippen molar-refractivity contribution in [2.24, 2.45) is 0 Å². The highest BCUT2D eigenvalue weighted by Crippen LogP contribution is 2.23. The summed E-state index contributed by atoms with van der Waals surface area (Å²) in [7, 11) is 0. The Balaban J connectivity index is 2.88.